The molecule has 2 aromatic carbocycles. The van der Waals surface area contributed by atoms with E-state index in [9.17, 15) is 13.2 Å². The predicted molar refractivity (Wildman–Crippen MR) is 107 cm³/mol. The SMILES string of the molecule is O=C(Nc1cccc(Cl)c1)N1CCN(S(=O)(=O)c2c(Cl)cccc2Cl)CC1. The molecule has 1 N–H and O–H groups in total. The zero-order valence-electron chi connectivity index (χ0n) is 14.0. The summed E-state index contributed by atoms with van der Waals surface area (Å²) in [4.78, 5) is 13.8. The van der Waals surface area contributed by atoms with Crippen molar-refractivity contribution in [1.82, 2.24) is 9.21 Å². The molecule has 0 aromatic heterocycles. The topological polar surface area (TPSA) is 69.7 Å². The standard InChI is InChI=1S/C17H16Cl3N3O3S/c18-12-3-1-4-13(11-12)21-17(24)22-7-9-23(10-8-22)27(25,26)16-14(19)5-2-6-15(16)20/h1-6,11H,7-10H2,(H,21,24). The second-order valence-electron chi connectivity index (χ2n) is 5.88. The molecule has 0 atom stereocenters. The zero-order valence-corrected chi connectivity index (χ0v) is 17.1. The van der Waals surface area contributed by atoms with Crippen LogP contribution in [0.15, 0.2) is 47.4 Å². The van der Waals surface area contributed by atoms with Crippen molar-refractivity contribution in [3.8, 4) is 0 Å². The van der Waals surface area contributed by atoms with E-state index in [1.165, 1.54) is 16.4 Å². The fourth-order valence-electron chi connectivity index (χ4n) is 2.76. The zero-order chi connectivity index (χ0) is 19.6. The maximum atomic E-state index is 12.9. The van der Waals surface area contributed by atoms with Crippen LogP contribution in [-0.4, -0.2) is 49.8 Å². The quantitative estimate of drug-likeness (QED) is 0.765. The van der Waals surface area contributed by atoms with Crippen molar-refractivity contribution in [2.45, 2.75) is 4.90 Å². The van der Waals surface area contributed by atoms with Gasteiger partial charge < -0.3 is 10.2 Å². The highest BCUT2D eigenvalue weighted by atomic mass is 35.5. The van der Waals surface area contributed by atoms with Crippen molar-refractivity contribution < 1.29 is 13.2 Å². The van der Waals surface area contributed by atoms with Gasteiger partial charge in [0.15, 0.2) is 0 Å². The minimum Gasteiger partial charge on any atom is -0.322 e. The number of anilines is 1. The Morgan fingerprint density at radius 1 is 0.926 bits per heavy atom. The van der Waals surface area contributed by atoms with Crippen LogP contribution >= 0.6 is 34.8 Å². The Hall–Kier alpha value is -1.51. The van der Waals surface area contributed by atoms with Gasteiger partial charge >= 0.3 is 6.03 Å². The number of carbonyl (C=O) groups is 1. The third-order valence-corrected chi connectivity index (χ3v) is 7.21. The first-order valence-corrected chi connectivity index (χ1v) is 10.6. The van der Waals surface area contributed by atoms with Gasteiger partial charge in [0.25, 0.3) is 0 Å². The van der Waals surface area contributed by atoms with E-state index >= 15 is 0 Å². The molecule has 0 saturated carbocycles. The Balaban J connectivity index is 1.67. The van der Waals surface area contributed by atoms with Gasteiger partial charge in [-0.1, -0.05) is 46.9 Å². The van der Waals surface area contributed by atoms with E-state index in [0.29, 0.717) is 10.7 Å². The van der Waals surface area contributed by atoms with Crippen LogP contribution in [0.3, 0.4) is 0 Å². The van der Waals surface area contributed by atoms with E-state index in [4.69, 9.17) is 34.8 Å². The molecule has 1 saturated heterocycles. The number of rotatable bonds is 3. The molecule has 2 amide bonds. The number of halogens is 3. The van der Waals surface area contributed by atoms with Crippen LogP contribution in [0.4, 0.5) is 10.5 Å². The van der Waals surface area contributed by atoms with Crippen LogP contribution in [0.2, 0.25) is 15.1 Å². The van der Waals surface area contributed by atoms with Crippen LogP contribution in [0.5, 0.6) is 0 Å². The first-order chi connectivity index (χ1) is 12.8. The number of carbonyl (C=O) groups excluding carboxylic acids is 1. The molecule has 0 spiro atoms. The first-order valence-electron chi connectivity index (χ1n) is 8.05. The van der Waals surface area contributed by atoms with Crippen LogP contribution in [0, 0.1) is 0 Å². The molecule has 0 unspecified atom stereocenters. The van der Waals surface area contributed by atoms with Crippen LogP contribution < -0.4 is 5.32 Å². The lowest BCUT2D eigenvalue weighted by molar-refractivity contribution is 0.184. The molecule has 144 valence electrons. The predicted octanol–water partition coefficient (Wildman–Crippen LogP) is 4.19. The highest BCUT2D eigenvalue weighted by molar-refractivity contribution is 7.89. The van der Waals surface area contributed by atoms with Crippen LogP contribution in [0.25, 0.3) is 0 Å². The van der Waals surface area contributed by atoms with E-state index < -0.39 is 10.0 Å². The molecule has 1 aliphatic rings. The average Bonchev–Trinajstić information content (AvgIpc) is 2.61. The second kappa shape index (κ2) is 8.24. The largest absolute Gasteiger partial charge is 0.322 e. The minimum atomic E-state index is -3.84. The summed E-state index contributed by atoms with van der Waals surface area (Å²) in [7, 11) is -3.84. The highest BCUT2D eigenvalue weighted by Gasteiger charge is 2.33. The lowest BCUT2D eigenvalue weighted by Gasteiger charge is -2.34. The van der Waals surface area contributed by atoms with E-state index in [1.54, 1.807) is 35.2 Å². The van der Waals surface area contributed by atoms with Crippen LogP contribution in [0.1, 0.15) is 0 Å². The molecule has 2 aromatic rings. The van der Waals surface area contributed by atoms with Crippen molar-refractivity contribution >= 4 is 56.5 Å². The smallest absolute Gasteiger partial charge is 0.321 e. The Morgan fingerprint density at radius 3 is 2.11 bits per heavy atom. The number of hydrogen-bond donors (Lipinski definition) is 1. The molecular weight excluding hydrogens is 433 g/mol. The fraction of sp³-hybridized carbons (Fsp3) is 0.235. The molecular formula is C17H16Cl3N3O3S. The van der Waals surface area contributed by atoms with E-state index in [0.717, 1.165) is 0 Å². The van der Waals surface area contributed by atoms with Crippen molar-refractivity contribution in [1.29, 1.82) is 0 Å². The molecule has 27 heavy (non-hydrogen) atoms. The van der Waals surface area contributed by atoms with Crippen molar-refractivity contribution in [2.75, 3.05) is 31.5 Å². The lowest BCUT2D eigenvalue weighted by Crippen LogP contribution is -2.51. The molecule has 1 aliphatic heterocycles. The van der Waals surface area contributed by atoms with Gasteiger partial charge in [-0.05, 0) is 30.3 Å². The summed E-state index contributed by atoms with van der Waals surface area (Å²) in [6.45, 7) is 0.779. The molecule has 3 rings (SSSR count). The number of sulfonamides is 1. The molecule has 0 bridgehead atoms. The van der Waals surface area contributed by atoms with Gasteiger partial charge in [0.2, 0.25) is 10.0 Å². The summed E-state index contributed by atoms with van der Waals surface area (Å²) in [5, 5.41) is 3.41. The number of urea groups is 1. The number of nitrogens with one attached hydrogen (secondary N) is 1. The van der Waals surface area contributed by atoms with Gasteiger partial charge in [0, 0.05) is 36.9 Å². The van der Waals surface area contributed by atoms with Gasteiger partial charge in [-0.3, -0.25) is 0 Å². The maximum absolute atomic E-state index is 12.9. The molecule has 0 radical (unpaired) electrons. The normalized spacial score (nSPS) is 15.6. The van der Waals surface area contributed by atoms with E-state index in [1.807, 2.05) is 0 Å². The third kappa shape index (κ3) is 4.50. The summed E-state index contributed by atoms with van der Waals surface area (Å²) in [6.07, 6.45) is 0. The van der Waals surface area contributed by atoms with Crippen molar-refractivity contribution in [3.63, 3.8) is 0 Å². The lowest BCUT2D eigenvalue weighted by atomic mass is 10.3. The van der Waals surface area contributed by atoms with Gasteiger partial charge in [-0.2, -0.15) is 4.31 Å². The van der Waals surface area contributed by atoms with E-state index in [-0.39, 0.29) is 47.2 Å². The molecule has 1 fully saturated rings. The Labute approximate surface area is 172 Å². The summed E-state index contributed by atoms with van der Waals surface area (Å²) < 4.78 is 27.0. The number of nitrogens with zero attached hydrogens (tertiary/aromatic N) is 2. The molecule has 10 heteroatoms. The van der Waals surface area contributed by atoms with Crippen molar-refractivity contribution in [3.05, 3.63) is 57.5 Å². The van der Waals surface area contributed by atoms with Crippen molar-refractivity contribution in [2.24, 2.45) is 0 Å². The van der Waals surface area contributed by atoms with Gasteiger partial charge in [0.1, 0.15) is 4.90 Å². The Kier molecular flexibility index (Phi) is 6.18. The molecule has 6 nitrogen and oxygen atoms in total. The third-order valence-electron chi connectivity index (χ3n) is 4.12. The van der Waals surface area contributed by atoms with Gasteiger partial charge in [-0.25, -0.2) is 13.2 Å². The Bertz CT molecular complexity index is 941. The number of benzene rings is 2. The maximum Gasteiger partial charge on any atom is 0.321 e. The van der Waals surface area contributed by atoms with Gasteiger partial charge in [0.05, 0.1) is 10.0 Å². The molecule has 1 heterocycles. The Morgan fingerprint density at radius 2 is 1.52 bits per heavy atom. The highest BCUT2D eigenvalue weighted by Crippen LogP contribution is 2.31. The summed E-state index contributed by atoms with van der Waals surface area (Å²) >= 11 is 18.0. The van der Waals surface area contributed by atoms with Gasteiger partial charge in [-0.15, -0.1) is 0 Å². The summed E-state index contributed by atoms with van der Waals surface area (Å²) in [5.41, 5.74) is 0.574. The first kappa shape index (κ1) is 20.2. The summed E-state index contributed by atoms with van der Waals surface area (Å²) in [5.74, 6) is 0. The minimum absolute atomic E-state index is 0.0728. The fourth-order valence-corrected chi connectivity index (χ4v) is 5.46. The monoisotopic (exact) mass is 447 g/mol. The van der Waals surface area contributed by atoms with Crippen LogP contribution in [-0.2, 0) is 10.0 Å². The number of piperazine rings is 1. The molecule has 0 aliphatic carbocycles. The second-order valence-corrected chi connectivity index (χ2v) is 9.01. The number of amides is 2. The summed E-state index contributed by atoms with van der Waals surface area (Å²) in [6, 6.07) is 11.0. The number of hydrogen-bond acceptors (Lipinski definition) is 3. The van der Waals surface area contributed by atoms with E-state index in [2.05, 4.69) is 5.32 Å². The average molecular weight is 449 g/mol.